The van der Waals surface area contributed by atoms with E-state index in [4.69, 9.17) is 0 Å². The number of benzene rings is 1. The molecule has 3 rings (SSSR count). The Morgan fingerprint density at radius 1 is 1.12 bits per heavy atom. The van der Waals surface area contributed by atoms with E-state index in [0.29, 0.717) is 5.56 Å². The number of nitrogens with zero attached hydrogens (tertiary/aromatic N) is 3. The van der Waals surface area contributed by atoms with Gasteiger partial charge in [0.2, 0.25) is 11.9 Å². The van der Waals surface area contributed by atoms with Crippen molar-refractivity contribution < 1.29 is 19.1 Å². The fraction of sp³-hybridized carbons (Fsp3) is 0.176. The minimum atomic E-state index is -1.14. The summed E-state index contributed by atoms with van der Waals surface area (Å²) >= 11 is 0. The first-order valence-electron chi connectivity index (χ1n) is 7.47. The third-order valence-corrected chi connectivity index (χ3v) is 4.16. The van der Waals surface area contributed by atoms with Crippen molar-refractivity contribution in [1.82, 2.24) is 5.32 Å². The number of nitro groups is 1. The van der Waals surface area contributed by atoms with Gasteiger partial charge in [-0.25, -0.2) is 0 Å². The molecule has 1 N–H and O–H groups in total. The second kappa shape index (κ2) is 6.49. The monoisotopic (exact) mass is 337 g/mol. The van der Waals surface area contributed by atoms with E-state index in [2.05, 4.69) is 5.32 Å². The van der Waals surface area contributed by atoms with Crippen LogP contribution in [0.25, 0.3) is 0 Å². The van der Waals surface area contributed by atoms with E-state index in [0.717, 1.165) is 0 Å². The van der Waals surface area contributed by atoms with Crippen molar-refractivity contribution in [2.45, 2.75) is 12.0 Å². The normalized spacial score (nSPS) is 22.8. The number of pyridine rings is 1. The Morgan fingerprint density at radius 3 is 2.48 bits per heavy atom. The first-order chi connectivity index (χ1) is 12.0. The van der Waals surface area contributed by atoms with Gasteiger partial charge in [0.1, 0.15) is 5.92 Å². The van der Waals surface area contributed by atoms with E-state index < -0.39 is 34.6 Å². The van der Waals surface area contributed by atoms with Crippen LogP contribution in [0.1, 0.15) is 17.5 Å². The molecule has 2 heterocycles. The van der Waals surface area contributed by atoms with Crippen LogP contribution in [0.15, 0.2) is 54.9 Å². The van der Waals surface area contributed by atoms with Crippen LogP contribution in [0, 0.1) is 27.4 Å². The van der Waals surface area contributed by atoms with Crippen LogP contribution in [-0.4, -0.2) is 16.7 Å². The lowest BCUT2D eigenvalue weighted by atomic mass is 9.77. The number of amides is 2. The molecule has 0 saturated carbocycles. The number of nitrogens with one attached hydrogen (secondary N) is 1. The zero-order chi connectivity index (χ0) is 18.0. The first kappa shape index (κ1) is 16.3. The predicted octanol–water partition coefficient (Wildman–Crippen LogP) is 1.00. The number of imide groups is 1. The van der Waals surface area contributed by atoms with E-state index in [1.54, 1.807) is 41.2 Å². The summed E-state index contributed by atoms with van der Waals surface area (Å²) in [5.41, 5.74) is 0.231. The molecule has 0 aliphatic carbocycles. The maximum atomic E-state index is 12.5. The highest BCUT2D eigenvalue weighted by molar-refractivity contribution is 6.02. The average molecular weight is 337 g/mol. The number of rotatable bonds is 3. The number of hydrogen-bond acceptors (Lipinski definition) is 5. The molecule has 1 aliphatic heterocycles. The molecule has 1 saturated heterocycles. The molecule has 1 aromatic heterocycles. The highest BCUT2D eigenvalue weighted by atomic mass is 16.6. The zero-order valence-corrected chi connectivity index (χ0v) is 12.9. The van der Waals surface area contributed by atoms with Gasteiger partial charge in [-0.05, 0) is 5.56 Å². The number of piperidine rings is 1. The van der Waals surface area contributed by atoms with Crippen molar-refractivity contribution in [3.63, 3.8) is 0 Å². The Balaban J connectivity index is 2.16. The molecule has 1 fully saturated rings. The van der Waals surface area contributed by atoms with E-state index in [1.165, 1.54) is 18.2 Å². The highest BCUT2D eigenvalue weighted by Gasteiger charge is 2.50. The van der Waals surface area contributed by atoms with Crippen LogP contribution in [-0.2, 0) is 9.59 Å². The van der Waals surface area contributed by atoms with Crippen LogP contribution in [0.3, 0.4) is 0 Å². The molecule has 2 aromatic rings. The Bertz CT molecular complexity index is 891. The lowest BCUT2D eigenvalue weighted by Crippen LogP contribution is -2.59. The Labute approximate surface area is 142 Å². The van der Waals surface area contributed by atoms with Crippen LogP contribution in [0.5, 0.6) is 0 Å². The summed E-state index contributed by atoms with van der Waals surface area (Å²) in [4.78, 5) is 35.1. The summed E-state index contributed by atoms with van der Waals surface area (Å²) in [6, 6.07) is 11.9. The molecule has 0 spiro atoms. The van der Waals surface area contributed by atoms with Crippen molar-refractivity contribution >= 4 is 17.5 Å². The third-order valence-electron chi connectivity index (χ3n) is 4.16. The zero-order valence-electron chi connectivity index (χ0n) is 12.9. The van der Waals surface area contributed by atoms with Gasteiger partial charge in [-0.1, -0.05) is 18.2 Å². The van der Waals surface area contributed by atoms with E-state index in [-0.39, 0.29) is 5.69 Å². The Hall–Kier alpha value is -3.60. The molecule has 0 bridgehead atoms. The van der Waals surface area contributed by atoms with Gasteiger partial charge in [0.05, 0.1) is 16.9 Å². The number of aromatic nitrogens is 1. The third kappa shape index (κ3) is 2.95. The van der Waals surface area contributed by atoms with Gasteiger partial charge in [0, 0.05) is 24.3 Å². The predicted molar refractivity (Wildman–Crippen MR) is 83.8 cm³/mol. The highest BCUT2D eigenvalue weighted by Crippen LogP contribution is 2.37. The lowest BCUT2D eigenvalue weighted by Gasteiger charge is -2.29. The van der Waals surface area contributed by atoms with Gasteiger partial charge in [0.15, 0.2) is 12.4 Å². The molecule has 124 valence electrons. The van der Waals surface area contributed by atoms with Crippen molar-refractivity contribution in [2.24, 2.45) is 5.92 Å². The number of carbonyl (C=O) groups excluding carboxylic acids is 2. The number of carbonyl (C=O) groups is 2. The van der Waals surface area contributed by atoms with Gasteiger partial charge in [-0.3, -0.25) is 25.0 Å². The number of nitriles is 1. The summed E-state index contributed by atoms with van der Waals surface area (Å²) < 4.78 is 1.59. The fourth-order valence-electron chi connectivity index (χ4n) is 3.06. The Morgan fingerprint density at radius 2 is 1.84 bits per heavy atom. The number of hydrogen-bond donors (Lipinski definition) is 1. The molecule has 2 amide bonds. The average Bonchev–Trinajstić information content (AvgIpc) is 2.62. The minimum absolute atomic E-state index is 0.163. The smallest absolute Gasteiger partial charge is 0.289 e. The standard InChI is InChI=1S/C17H12N4O4/c18-10-13-14(11-5-4-6-12(9-11)21(24)25)15(17(23)19-16(13)22)20-7-2-1-3-8-20/h1-9,13-15H/p+1/t13-,14+,15-/m0/s1. The second-order valence-electron chi connectivity index (χ2n) is 5.61. The quantitative estimate of drug-likeness (QED) is 0.388. The largest absolute Gasteiger partial charge is 0.296 e. The SMILES string of the molecule is N#C[C@@H]1C(=O)NC(=O)[C@@H]([n+]2ccccc2)[C@@H]1c1cccc([N+](=O)[O-])c1. The summed E-state index contributed by atoms with van der Waals surface area (Å²) in [6.45, 7) is 0. The fourth-order valence-corrected chi connectivity index (χ4v) is 3.06. The number of non-ortho nitro benzene ring substituents is 1. The van der Waals surface area contributed by atoms with Gasteiger partial charge >= 0.3 is 0 Å². The molecule has 25 heavy (non-hydrogen) atoms. The van der Waals surface area contributed by atoms with Crippen molar-refractivity contribution in [3.05, 3.63) is 70.5 Å². The summed E-state index contributed by atoms with van der Waals surface area (Å²) in [5, 5.41) is 22.7. The molecule has 1 aliphatic rings. The van der Waals surface area contributed by atoms with Gasteiger partial charge in [-0.15, -0.1) is 0 Å². The van der Waals surface area contributed by atoms with E-state index in [1.807, 2.05) is 6.07 Å². The molecular formula is C17H13N4O4+. The van der Waals surface area contributed by atoms with Gasteiger partial charge in [0.25, 0.3) is 11.6 Å². The van der Waals surface area contributed by atoms with E-state index in [9.17, 15) is 25.0 Å². The topological polar surface area (TPSA) is 117 Å². The van der Waals surface area contributed by atoms with Gasteiger partial charge < -0.3 is 0 Å². The molecular weight excluding hydrogens is 324 g/mol. The maximum absolute atomic E-state index is 12.5. The maximum Gasteiger partial charge on any atom is 0.296 e. The molecule has 0 unspecified atom stereocenters. The lowest BCUT2D eigenvalue weighted by molar-refractivity contribution is -0.713. The molecule has 0 radical (unpaired) electrons. The summed E-state index contributed by atoms with van der Waals surface area (Å²) in [5.74, 6) is -3.23. The van der Waals surface area contributed by atoms with Gasteiger partial charge in [-0.2, -0.15) is 9.83 Å². The van der Waals surface area contributed by atoms with Crippen LogP contribution >= 0.6 is 0 Å². The van der Waals surface area contributed by atoms with E-state index >= 15 is 0 Å². The molecule has 1 aromatic carbocycles. The minimum Gasteiger partial charge on any atom is -0.289 e. The molecule has 8 nitrogen and oxygen atoms in total. The Kier molecular flexibility index (Phi) is 4.22. The van der Waals surface area contributed by atoms with Crippen molar-refractivity contribution in [1.29, 1.82) is 5.26 Å². The van der Waals surface area contributed by atoms with Crippen molar-refractivity contribution in [2.75, 3.05) is 0 Å². The number of nitro benzene ring substituents is 1. The summed E-state index contributed by atoms with van der Waals surface area (Å²) in [7, 11) is 0. The first-order valence-corrected chi connectivity index (χ1v) is 7.47. The summed E-state index contributed by atoms with van der Waals surface area (Å²) in [6.07, 6.45) is 3.30. The molecule has 3 atom stereocenters. The van der Waals surface area contributed by atoms with Crippen LogP contribution in [0.4, 0.5) is 5.69 Å². The second-order valence-corrected chi connectivity index (χ2v) is 5.61. The molecule has 8 heteroatoms. The van der Waals surface area contributed by atoms with Crippen molar-refractivity contribution in [3.8, 4) is 6.07 Å². The van der Waals surface area contributed by atoms with Crippen LogP contribution in [0.2, 0.25) is 0 Å². The van der Waals surface area contributed by atoms with Crippen LogP contribution < -0.4 is 9.88 Å².